The Kier molecular flexibility index (Phi) is 3.76. The molecule has 1 aliphatic heterocycles. The smallest absolute Gasteiger partial charge is 0.270 e. The van der Waals surface area contributed by atoms with Gasteiger partial charge in [-0.2, -0.15) is 5.10 Å². The molecule has 1 unspecified atom stereocenters. The Labute approximate surface area is 146 Å². The number of benzene rings is 2. The van der Waals surface area contributed by atoms with Crippen molar-refractivity contribution in [2.45, 2.75) is 19.5 Å². The van der Waals surface area contributed by atoms with E-state index in [1.54, 1.807) is 11.8 Å². The van der Waals surface area contributed by atoms with Crippen LogP contribution in [0, 0.1) is 6.92 Å². The second-order valence-electron chi connectivity index (χ2n) is 6.13. The van der Waals surface area contributed by atoms with E-state index in [4.69, 9.17) is 4.74 Å². The van der Waals surface area contributed by atoms with Crippen LogP contribution in [0.4, 0.5) is 0 Å². The highest BCUT2D eigenvalue weighted by molar-refractivity contribution is 5.98. The van der Waals surface area contributed by atoms with E-state index < -0.39 is 0 Å². The van der Waals surface area contributed by atoms with Gasteiger partial charge in [0.1, 0.15) is 11.4 Å². The molecule has 0 bridgehead atoms. The van der Waals surface area contributed by atoms with Crippen LogP contribution in [-0.2, 0) is 6.54 Å². The summed E-state index contributed by atoms with van der Waals surface area (Å²) in [4.78, 5) is 12.6. The van der Waals surface area contributed by atoms with Crippen molar-refractivity contribution in [3.05, 3.63) is 82.7 Å². The number of para-hydroxylation sites is 1. The molecular weight excluding hydrogens is 314 g/mol. The number of carbonyl (C=O) groups is 1. The van der Waals surface area contributed by atoms with Gasteiger partial charge >= 0.3 is 0 Å². The average molecular weight is 333 g/mol. The number of nitrogens with zero attached hydrogens (tertiary/aromatic N) is 2. The van der Waals surface area contributed by atoms with Gasteiger partial charge in [-0.3, -0.25) is 9.48 Å². The number of carbonyl (C=O) groups excluding carboxylic acids is 1. The van der Waals surface area contributed by atoms with Crippen LogP contribution in [0.1, 0.15) is 38.9 Å². The quantitative estimate of drug-likeness (QED) is 0.798. The number of rotatable bonds is 4. The molecule has 126 valence electrons. The molecule has 5 nitrogen and oxygen atoms in total. The highest BCUT2D eigenvalue weighted by Gasteiger charge is 2.36. The largest absolute Gasteiger partial charge is 0.496 e. The first kappa shape index (κ1) is 15.4. The molecule has 0 saturated heterocycles. The van der Waals surface area contributed by atoms with Crippen LogP contribution in [-0.4, -0.2) is 22.8 Å². The van der Waals surface area contributed by atoms with E-state index in [-0.39, 0.29) is 11.9 Å². The van der Waals surface area contributed by atoms with E-state index in [0.29, 0.717) is 12.2 Å². The average Bonchev–Trinajstić information content (AvgIpc) is 3.15. The highest BCUT2D eigenvalue weighted by atomic mass is 16.5. The molecule has 1 aliphatic rings. The van der Waals surface area contributed by atoms with Crippen molar-refractivity contribution in [3.8, 4) is 5.75 Å². The summed E-state index contributed by atoms with van der Waals surface area (Å²) in [5.41, 5.74) is 4.53. The standard InChI is InChI=1S/C20H19N3O2/c1-13-17-18(14-8-4-3-5-9-14)21-20(24)19(17)23(22-13)12-15-10-6-7-11-16(15)25-2/h3-11,18H,12H2,1-2H3,(H,21,24). The second kappa shape index (κ2) is 6.09. The minimum Gasteiger partial charge on any atom is -0.496 e. The van der Waals surface area contributed by atoms with Gasteiger partial charge in [0, 0.05) is 11.1 Å². The van der Waals surface area contributed by atoms with E-state index in [0.717, 1.165) is 28.1 Å². The lowest BCUT2D eigenvalue weighted by molar-refractivity contribution is 0.0950. The summed E-state index contributed by atoms with van der Waals surface area (Å²) in [7, 11) is 1.65. The number of methoxy groups -OCH3 is 1. The first-order valence-electron chi connectivity index (χ1n) is 8.24. The first-order valence-corrected chi connectivity index (χ1v) is 8.24. The van der Waals surface area contributed by atoms with Crippen molar-refractivity contribution < 1.29 is 9.53 Å². The molecule has 3 aromatic rings. The molecule has 25 heavy (non-hydrogen) atoms. The van der Waals surface area contributed by atoms with Crippen molar-refractivity contribution in [1.29, 1.82) is 0 Å². The lowest BCUT2D eigenvalue weighted by Gasteiger charge is -2.11. The van der Waals surface area contributed by atoms with Gasteiger partial charge in [0.2, 0.25) is 0 Å². The monoisotopic (exact) mass is 333 g/mol. The topological polar surface area (TPSA) is 56.2 Å². The van der Waals surface area contributed by atoms with Crippen LogP contribution in [0.25, 0.3) is 0 Å². The van der Waals surface area contributed by atoms with Gasteiger partial charge in [0.25, 0.3) is 5.91 Å². The molecule has 0 fully saturated rings. The summed E-state index contributed by atoms with van der Waals surface area (Å²) in [6, 6.07) is 17.6. The van der Waals surface area contributed by atoms with Crippen molar-refractivity contribution in [2.75, 3.05) is 7.11 Å². The summed E-state index contributed by atoms with van der Waals surface area (Å²) in [5.74, 6) is 0.710. The lowest BCUT2D eigenvalue weighted by Crippen LogP contribution is -2.23. The van der Waals surface area contributed by atoms with Gasteiger partial charge in [0.05, 0.1) is 25.4 Å². The molecule has 1 amide bonds. The van der Waals surface area contributed by atoms with E-state index in [1.807, 2.05) is 61.5 Å². The summed E-state index contributed by atoms with van der Waals surface area (Å²) in [6.45, 7) is 2.45. The van der Waals surface area contributed by atoms with Crippen molar-refractivity contribution in [2.24, 2.45) is 0 Å². The second-order valence-corrected chi connectivity index (χ2v) is 6.13. The Hall–Kier alpha value is -3.08. The van der Waals surface area contributed by atoms with Crippen molar-refractivity contribution in [1.82, 2.24) is 15.1 Å². The van der Waals surface area contributed by atoms with E-state index in [2.05, 4.69) is 10.4 Å². The van der Waals surface area contributed by atoms with Gasteiger partial charge in [-0.1, -0.05) is 48.5 Å². The number of hydrogen-bond acceptors (Lipinski definition) is 3. The predicted octanol–water partition coefficient (Wildman–Crippen LogP) is 3.08. The zero-order valence-electron chi connectivity index (χ0n) is 14.2. The fourth-order valence-electron chi connectivity index (χ4n) is 3.46. The Morgan fingerprint density at radius 3 is 2.60 bits per heavy atom. The van der Waals surface area contributed by atoms with E-state index >= 15 is 0 Å². The third-order valence-electron chi connectivity index (χ3n) is 4.60. The number of aryl methyl sites for hydroxylation is 1. The number of aromatic nitrogens is 2. The molecule has 2 aromatic carbocycles. The molecule has 0 spiro atoms. The summed E-state index contributed by atoms with van der Waals surface area (Å²) >= 11 is 0. The van der Waals surface area contributed by atoms with Crippen molar-refractivity contribution >= 4 is 5.91 Å². The fourth-order valence-corrected chi connectivity index (χ4v) is 3.46. The third kappa shape index (κ3) is 2.58. The summed E-state index contributed by atoms with van der Waals surface area (Å²) in [6.07, 6.45) is 0. The van der Waals surface area contributed by atoms with Crippen LogP contribution < -0.4 is 10.1 Å². The first-order chi connectivity index (χ1) is 12.2. The summed E-state index contributed by atoms with van der Waals surface area (Å²) < 4.78 is 7.20. The SMILES string of the molecule is COc1ccccc1Cn1nc(C)c2c1C(=O)NC2c1ccccc1. The molecule has 0 radical (unpaired) electrons. The zero-order chi connectivity index (χ0) is 17.4. The van der Waals surface area contributed by atoms with Crippen molar-refractivity contribution in [3.63, 3.8) is 0 Å². The minimum atomic E-state index is -0.143. The molecule has 0 aliphatic carbocycles. The maximum Gasteiger partial charge on any atom is 0.270 e. The third-order valence-corrected chi connectivity index (χ3v) is 4.60. The maximum absolute atomic E-state index is 12.6. The Balaban J connectivity index is 1.76. The van der Waals surface area contributed by atoms with E-state index in [1.165, 1.54) is 0 Å². The normalized spacial score (nSPS) is 15.8. The molecule has 0 saturated carbocycles. The van der Waals surface area contributed by atoms with Crippen LogP contribution >= 0.6 is 0 Å². The van der Waals surface area contributed by atoms with Gasteiger partial charge in [-0.25, -0.2) is 0 Å². The van der Waals surface area contributed by atoms with E-state index in [9.17, 15) is 4.79 Å². The van der Waals surface area contributed by atoms with Gasteiger partial charge in [-0.05, 0) is 18.6 Å². The number of nitrogens with one attached hydrogen (secondary N) is 1. The number of hydrogen-bond donors (Lipinski definition) is 1. The lowest BCUT2D eigenvalue weighted by atomic mass is 10.0. The zero-order valence-corrected chi connectivity index (χ0v) is 14.2. The molecule has 5 heteroatoms. The molecule has 2 heterocycles. The fraction of sp³-hybridized carbons (Fsp3) is 0.200. The Bertz CT molecular complexity index is 931. The number of fused-ring (bicyclic) bond motifs is 1. The van der Waals surface area contributed by atoms with Crippen LogP contribution in [0.15, 0.2) is 54.6 Å². The predicted molar refractivity (Wildman–Crippen MR) is 94.8 cm³/mol. The minimum absolute atomic E-state index is 0.0839. The number of ether oxygens (including phenoxy) is 1. The molecule has 4 rings (SSSR count). The molecular formula is C20H19N3O2. The summed E-state index contributed by atoms with van der Waals surface area (Å²) in [5, 5.41) is 7.71. The van der Waals surface area contributed by atoms with Gasteiger partial charge in [-0.15, -0.1) is 0 Å². The van der Waals surface area contributed by atoms with Crippen LogP contribution in [0.5, 0.6) is 5.75 Å². The van der Waals surface area contributed by atoms with Crippen LogP contribution in [0.3, 0.4) is 0 Å². The van der Waals surface area contributed by atoms with Gasteiger partial charge < -0.3 is 10.1 Å². The Morgan fingerprint density at radius 1 is 1.12 bits per heavy atom. The maximum atomic E-state index is 12.6. The number of amides is 1. The Morgan fingerprint density at radius 2 is 1.84 bits per heavy atom. The molecule has 1 aromatic heterocycles. The molecule has 1 N–H and O–H groups in total. The van der Waals surface area contributed by atoms with Gasteiger partial charge in [0.15, 0.2) is 0 Å². The highest BCUT2D eigenvalue weighted by Crippen LogP contribution is 2.34. The molecule has 1 atom stereocenters. The van der Waals surface area contributed by atoms with Crippen LogP contribution in [0.2, 0.25) is 0 Å².